The van der Waals surface area contributed by atoms with E-state index < -0.39 is 0 Å². The number of nitrogens with one attached hydrogen (secondary N) is 1. The van der Waals surface area contributed by atoms with Gasteiger partial charge in [-0.1, -0.05) is 80.6 Å². The van der Waals surface area contributed by atoms with Crippen LogP contribution in [0.5, 0.6) is 0 Å². The van der Waals surface area contributed by atoms with Crippen molar-refractivity contribution in [1.29, 1.82) is 0 Å². The highest BCUT2D eigenvalue weighted by atomic mass is 16.5. The van der Waals surface area contributed by atoms with E-state index in [0.717, 1.165) is 45.8 Å². The van der Waals surface area contributed by atoms with Crippen molar-refractivity contribution in [1.82, 2.24) is 10.5 Å². The molecule has 3 nitrogen and oxygen atoms in total. The molecule has 3 aromatic rings. The van der Waals surface area contributed by atoms with Crippen molar-refractivity contribution in [2.75, 3.05) is 0 Å². The van der Waals surface area contributed by atoms with Crippen LogP contribution in [-0.2, 0) is 6.42 Å². The van der Waals surface area contributed by atoms with Gasteiger partial charge in [-0.3, -0.25) is 15.7 Å². The minimum Gasteiger partial charge on any atom is -0.291 e. The first kappa shape index (κ1) is 16.6. The Labute approximate surface area is 154 Å². The molecule has 1 aromatic heterocycles. The summed E-state index contributed by atoms with van der Waals surface area (Å²) in [5, 5.41) is 9.67. The van der Waals surface area contributed by atoms with Gasteiger partial charge >= 0.3 is 0 Å². The lowest BCUT2D eigenvalue weighted by Crippen LogP contribution is -2.24. The van der Waals surface area contributed by atoms with Gasteiger partial charge in [-0.15, -0.1) is 0 Å². The third-order valence-corrected chi connectivity index (χ3v) is 4.80. The molecule has 0 bridgehead atoms. The maximum atomic E-state index is 9.67. The molecule has 0 unspecified atom stereocenters. The van der Waals surface area contributed by atoms with E-state index in [2.05, 4.69) is 55.7 Å². The first-order valence-corrected chi connectivity index (χ1v) is 8.85. The number of hydrogen-bond donors (Lipinski definition) is 2. The van der Waals surface area contributed by atoms with Gasteiger partial charge in [0.05, 0.1) is 17.1 Å². The van der Waals surface area contributed by atoms with E-state index in [-0.39, 0.29) is 5.41 Å². The highest BCUT2D eigenvalue weighted by Gasteiger charge is 2.28. The zero-order valence-corrected chi connectivity index (χ0v) is 15.0. The van der Waals surface area contributed by atoms with Crippen LogP contribution in [0.2, 0.25) is 0 Å². The number of hydrogen-bond acceptors (Lipinski definition) is 3. The molecule has 2 aromatic carbocycles. The minimum absolute atomic E-state index is 0.0622. The predicted octanol–water partition coefficient (Wildman–Crippen LogP) is 5.32. The van der Waals surface area contributed by atoms with Gasteiger partial charge < -0.3 is 0 Å². The zero-order valence-electron chi connectivity index (χ0n) is 15.0. The molecule has 0 atom stereocenters. The van der Waals surface area contributed by atoms with Crippen molar-refractivity contribution in [3.8, 4) is 22.4 Å². The van der Waals surface area contributed by atoms with E-state index >= 15 is 0 Å². The Morgan fingerprint density at radius 2 is 1.50 bits per heavy atom. The molecule has 0 fully saturated rings. The Morgan fingerprint density at radius 1 is 0.885 bits per heavy atom. The normalized spacial score (nSPS) is 15.1. The summed E-state index contributed by atoms with van der Waals surface area (Å²) in [7, 11) is 0. The molecule has 1 aliphatic rings. The van der Waals surface area contributed by atoms with E-state index in [4.69, 9.17) is 4.98 Å². The summed E-state index contributed by atoms with van der Waals surface area (Å²) >= 11 is 0. The molecule has 0 saturated carbocycles. The molecule has 3 heteroatoms. The summed E-state index contributed by atoms with van der Waals surface area (Å²) in [5.41, 5.74) is 9.26. The minimum atomic E-state index is -0.0622. The quantitative estimate of drug-likeness (QED) is 0.633. The SMILES string of the molecule is CC1(C)C=C(NO)c2cc(-c3ccccc3)c(-c3ccccc3)nc2C1. The Hall–Kier alpha value is -2.91. The van der Waals surface area contributed by atoms with Gasteiger partial charge in [-0.05, 0) is 23.5 Å². The number of aromatic nitrogens is 1. The molecule has 26 heavy (non-hydrogen) atoms. The number of rotatable bonds is 3. The van der Waals surface area contributed by atoms with Crippen LogP contribution in [-0.4, -0.2) is 10.2 Å². The maximum absolute atomic E-state index is 9.67. The summed E-state index contributed by atoms with van der Waals surface area (Å²) in [6.45, 7) is 4.31. The fourth-order valence-corrected chi connectivity index (χ4v) is 3.62. The van der Waals surface area contributed by atoms with Gasteiger partial charge in [0.2, 0.25) is 0 Å². The van der Waals surface area contributed by atoms with Crippen LogP contribution in [0.25, 0.3) is 28.1 Å². The van der Waals surface area contributed by atoms with E-state index in [0.29, 0.717) is 0 Å². The molecule has 1 aliphatic carbocycles. The fraction of sp³-hybridized carbons (Fsp3) is 0.174. The first-order chi connectivity index (χ1) is 12.6. The maximum Gasteiger partial charge on any atom is 0.0784 e. The lowest BCUT2D eigenvalue weighted by atomic mass is 9.79. The molecule has 0 radical (unpaired) electrons. The largest absolute Gasteiger partial charge is 0.291 e. The Balaban J connectivity index is 1.99. The Kier molecular flexibility index (Phi) is 4.09. The van der Waals surface area contributed by atoms with E-state index in [1.54, 1.807) is 0 Å². The van der Waals surface area contributed by atoms with Crippen LogP contribution in [0, 0.1) is 5.41 Å². The van der Waals surface area contributed by atoms with Crippen LogP contribution >= 0.6 is 0 Å². The van der Waals surface area contributed by atoms with Gasteiger partial charge in [0, 0.05) is 16.7 Å². The number of fused-ring (bicyclic) bond motifs is 1. The zero-order chi connectivity index (χ0) is 18.1. The average Bonchev–Trinajstić information content (AvgIpc) is 2.67. The molecular formula is C23H22N2O. The second kappa shape index (κ2) is 6.43. The molecule has 130 valence electrons. The number of pyridine rings is 1. The van der Waals surface area contributed by atoms with E-state index in [9.17, 15) is 5.21 Å². The number of benzene rings is 2. The van der Waals surface area contributed by atoms with Crippen LogP contribution in [0.1, 0.15) is 25.1 Å². The molecule has 0 aliphatic heterocycles. The summed E-state index contributed by atoms with van der Waals surface area (Å²) in [6, 6.07) is 22.7. The highest BCUT2D eigenvalue weighted by molar-refractivity contribution is 5.84. The molecule has 0 spiro atoms. The lowest BCUT2D eigenvalue weighted by Gasteiger charge is -2.29. The van der Waals surface area contributed by atoms with Gasteiger partial charge in [0.1, 0.15) is 0 Å². The molecule has 4 rings (SSSR count). The van der Waals surface area contributed by atoms with Crippen LogP contribution in [0.15, 0.2) is 72.8 Å². The van der Waals surface area contributed by atoms with E-state index in [1.807, 2.05) is 36.4 Å². The molecule has 2 N–H and O–H groups in total. The summed E-state index contributed by atoms with van der Waals surface area (Å²) in [6.07, 6.45) is 2.91. The average molecular weight is 342 g/mol. The standard InChI is InChI=1S/C23H22N2O/c1-23(2)14-20-19(21(15-23)25-26)13-18(16-9-5-3-6-10-16)22(24-20)17-11-7-4-8-12-17/h3-13,15,25-26H,14H2,1-2H3. The molecular weight excluding hydrogens is 320 g/mol. The number of nitrogens with zero attached hydrogens (tertiary/aromatic N) is 1. The second-order valence-corrected chi connectivity index (χ2v) is 7.45. The summed E-state index contributed by atoms with van der Waals surface area (Å²) < 4.78 is 0. The van der Waals surface area contributed by atoms with Crippen LogP contribution in [0.3, 0.4) is 0 Å². The van der Waals surface area contributed by atoms with Crippen molar-refractivity contribution in [3.05, 3.63) is 84.1 Å². The summed E-state index contributed by atoms with van der Waals surface area (Å²) in [4.78, 5) is 5.06. The fourth-order valence-electron chi connectivity index (χ4n) is 3.62. The third-order valence-electron chi connectivity index (χ3n) is 4.80. The number of hydroxylamine groups is 1. The lowest BCUT2D eigenvalue weighted by molar-refractivity contribution is 0.222. The Morgan fingerprint density at radius 3 is 2.12 bits per heavy atom. The molecule has 0 amide bonds. The summed E-state index contributed by atoms with van der Waals surface area (Å²) in [5.74, 6) is 0. The van der Waals surface area contributed by atoms with Crippen molar-refractivity contribution in [2.24, 2.45) is 5.41 Å². The van der Waals surface area contributed by atoms with Crippen LogP contribution < -0.4 is 5.48 Å². The topological polar surface area (TPSA) is 45.1 Å². The van der Waals surface area contributed by atoms with Crippen molar-refractivity contribution < 1.29 is 5.21 Å². The van der Waals surface area contributed by atoms with Crippen molar-refractivity contribution in [3.63, 3.8) is 0 Å². The van der Waals surface area contributed by atoms with Gasteiger partial charge in [-0.25, -0.2) is 0 Å². The monoisotopic (exact) mass is 342 g/mol. The second-order valence-electron chi connectivity index (χ2n) is 7.45. The molecule has 0 saturated heterocycles. The van der Waals surface area contributed by atoms with Gasteiger partial charge in [0.15, 0.2) is 0 Å². The number of allylic oxidation sites excluding steroid dienone is 1. The highest BCUT2D eigenvalue weighted by Crippen LogP contribution is 2.39. The van der Waals surface area contributed by atoms with Crippen LogP contribution in [0.4, 0.5) is 0 Å². The molecule has 1 heterocycles. The van der Waals surface area contributed by atoms with Crippen molar-refractivity contribution >= 4 is 5.70 Å². The van der Waals surface area contributed by atoms with Crippen molar-refractivity contribution in [2.45, 2.75) is 20.3 Å². The van der Waals surface area contributed by atoms with Gasteiger partial charge in [-0.2, -0.15) is 0 Å². The smallest absolute Gasteiger partial charge is 0.0784 e. The first-order valence-electron chi connectivity index (χ1n) is 8.85. The van der Waals surface area contributed by atoms with Gasteiger partial charge in [0.25, 0.3) is 0 Å². The predicted molar refractivity (Wildman–Crippen MR) is 105 cm³/mol. The third kappa shape index (κ3) is 3.02. The van der Waals surface area contributed by atoms with E-state index in [1.165, 1.54) is 0 Å². The Bertz CT molecular complexity index is 960.